The van der Waals surface area contributed by atoms with Crippen molar-refractivity contribution in [1.82, 2.24) is 15.8 Å². The zero-order chi connectivity index (χ0) is 12.1. The highest BCUT2D eigenvalue weighted by molar-refractivity contribution is 6.33. The molecule has 2 N–H and O–H groups in total. The summed E-state index contributed by atoms with van der Waals surface area (Å²) in [4.78, 5) is 26.1. The molecule has 2 amide bonds. The molecule has 0 aliphatic rings. The number of hydrogen-bond acceptors (Lipinski definition) is 3. The van der Waals surface area contributed by atoms with E-state index in [1.807, 2.05) is 0 Å². The minimum absolute atomic E-state index is 0.111. The Bertz CT molecular complexity index is 403. The highest BCUT2D eigenvalue weighted by Crippen LogP contribution is 2.14. The molecule has 0 saturated heterocycles. The number of hydrazine groups is 1. The molecule has 1 rings (SSSR count). The van der Waals surface area contributed by atoms with Crippen LogP contribution in [0, 0.1) is 0 Å². The number of pyridine rings is 1. The molecule has 7 heteroatoms. The molecule has 0 radical (unpaired) electrons. The standard InChI is InChI=1S/C9H9Cl2N3O2/c1-2-8(15)13-14-9(16)5-3-6(10)12-7(11)4-5/h3-4H,2H2,1H3,(H,13,15)(H,14,16). The number of nitrogens with zero attached hydrogens (tertiary/aromatic N) is 1. The molecule has 0 aliphatic carbocycles. The Morgan fingerprint density at radius 2 is 1.81 bits per heavy atom. The maximum Gasteiger partial charge on any atom is 0.269 e. The van der Waals surface area contributed by atoms with Gasteiger partial charge in [0.15, 0.2) is 0 Å². The number of halogens is 2. The summed E-state index contributed by atoms with van der Waals surface area (Å²) in [6.45, 7) is 1.67. The van der Waals surface area contributed by atoms with Crippen LogP contribution in [0.25, 0.3) is 0 Å². The lowest BCUT2D eigenvalue weighted by molar-refractivity contribution is -0.121. The molecule has 1 heterocycles. The van der Waals surface area contributed by atoms with Gasteiger partial charge in [-0.3, -0.25) is 20.4 Å². The second-order valence-electron chi connectivity index (χ2n) is 2.86. The van der Waals surface area contributed by atoms with Crippen LogP contribution in [0.3, 0.4) is 0 Å². The van der Waals surface area contributed by atoms with Gasteiger partial charge >= 0.3 is 0 Å². The smallest absolute Gasteiger partial charge is 0.269 e. The van der Waals surface area contributed by atoms with Crippen LogP contribution in [0.2, 0.25) is 10.3 Å². The van der Waals surface area contributed by atoms with Crippen LogP contribution in [-0.2, 0) is 4.79 Å². The van der Waals surface area contributed by atoms with Crippen LogP contribution < -0.4 is 10.9 Å². The van der Waals surface area contributed by atoms with E-state index in [0.717, 1.165) is 0 Å². The van der Waals surface area contributed by atoms with Crippen molar-refractivity contribution in [3.8, 4) is 0 Å². The third-order valence-corrected chi connectivity index (χ3v) is 2.05. The number of rotatable bonds is 2. The predicted molar refractivity (Wildman–Crippen MR) is 60.2 cm³/mol. The monoisotopic (exact) mass is 261 g/mol. The summed E-state index contributed by atoms with van der Waals surface area (Å²) < 4.78 is 0. The van der Waals surface area contributed by atoms with Gasteiger partial charge in [-0.05, 0) is 12.1 Å². The van der Waals surface area contributed by atoms with E-state index < -0.39 is 5.91 Å². The van der Waals surface area contributed by atoms with E-state index in [4.69, 9.17) is 23.2 Å². The van der Waals surface area contributed by atoms with Crippen LogP contribution in [0.5, 0.6) is 0 Å². The third-order valence-electron chi connectivity index (χ3n) is 1.66. The van der Waals surface area contributed by atoms with Gasteiger partial charge in [0.2, 0.25) is 5.91 Å². The number of amides is 2. The Morgan fingerprint density at radius 1 is 1.25 bits per heavy atom. The van der Waals surface area contributed by atoms with Crippen LogP contribution in [-0.4, -0.2) is 16.8 Å². The Balaban J connectivity index is 2.69. The molecule has 5 nitrogen and oxygen atoms in total. The molecule has 1 aromatic rings. The van der Waals surface area contributed by atoms with Gasteiger partial charge in [0.1, 0.15) is 10.3 Å². The molecule has 0 aromatic carbocycles. The maximum atomic E-state index is 11.5. The molecule has 0 bridgehead atoms. The van der Waals surface area contributed by atoms with E-state index in [0.29, 0.717) is 0 Å². The van der Waals surface area contributed by atoms with Gasteiger partial charge < -0.3 is 0 Å². The topological polar surface area (TPSA) is 71.1 Å². The van der Waals surface area contributed by atoms with E-state index >= 15 is 0 Å². The Hall–Kier alpha value is -1.33. The second-order valence-corrected chi connectivity index (χ2v) is 3.63. The van der Waals surface area contributed by atoms with Crippen molar-refractivity contribution < 1.29 is 9.59 Å². The summed E-state index contributed by atoms with van der Waals surface area (Å²) in [7, 11) is 0. The fraction of sp³-hybridized carbons (Fsp3) is 0.222. The Kier molecular flexibility index (Phi) is 4.52. The summed E-state index contributed by atoms with van der Waals surface area (Å²) in [6.07, 6.45) is 0.276. The van der Waals surface area contributed by atoms with Crippen LogP contribution in [0.4, 0.5) is 0 Å². The molecule has 1 aromatic heterocycles. The Morgan fingerprint density at radius 3 is 2.31 bits per heavy atom. The van der Waals surface area contributed by atoms with Crippen molar-refractivity contribution >= 4 is 35.0 Å². The first kappa shape index (κ1) is 12.7. The van der Waals surface area contributed by atoms with Gasteiger partial charge in [-0.2, -0.15) is 0 Å². The van der Waals surface area contributed by atoms with E-state index in [2.05, 4.69) is 15.8 Å². The van der Waals surface area contributed by atoms with Crippen LogP contribution >= 0.6 is 23.2 Å². The number of carbonyl (C=O) groups is 2. The van der Waals surface area contributed by atoms with Gasteiger partial charge in [0.05, 0.1) is 0 Å². The van der Waals surface area contributed by atoms with Crippen molar-refractivity contribution in [3.63, 3.8) is 0 Å². The normalized spacial score (nSPS) is 9.69. The zero-order valence-electron chi connectivity index (χ0n) is 8.38. The number of nitrogens with one attached hydrogen (secondary N) is 2. The quantitative estimate of drug-likeness (QED) is 0.627. The van der Waals surface area contributed by atoms with Crippen LogP contribution in [0.1, 0.15) is 23.7 Å². The number of hydrogen-bond donors (Lipinski definition) is 2. The molecular formula is C9H9Cl2N3O2. The molecule has 0 aliphatic heterocycles. The minimum Gasteiger partial charge on any atom is -0.273 e. The van der Waals surface area contributed by atoms with Crippen molar-refractivity contribution in [2.45, 2.75) is 13.3 Å². The van der Waals surface area contributed by atoms with Gasteiger partial charge in [-0.1, -0.05) is 30.1 Å². The fourth-order valence-electron chi connectivity index (χ4n) is 0.883. The third kappa shape index (κ3) is 3.67. The van der Waals surface area contributed by atoms with Crippen molar-refractivity contribution in [2.24, 2.45) is 0 Å². The molecule has 0 saturated carbocycles. The van der Waals surface area contributed by atoms with E-state index in [9.17, 15) is 9.59 Å². The molecular weight excluding hydrogens is 253 g/mol. The highest BCUT2D eigenvalue weighted by Gasteiger charge is 2.09. The summed E-state index contributed by atoms with van der Waals surface area (Å²) in [5.74, 6) is -0.799. The fourth-order valence-corrected chi connectivity index (χ4v) is 1.34. The van der Waals surface area contributed by atoms with Crippen LogP contribution in [0.15, 0.2) is 12.1 Å². The first-order chi connectivity index (χ1) is 7.52. The molecule has 86 valence electrons. The number of carbonyl (C=O) groups excluding carboxylic acids is 2. The molecule has 0 spiro atoms. The van der Waals surface area contributed by atoms with E-state index in [1.165, 1.54) is 12.1 Å². The average molecular weight is 262 g/mol. The molecule has 0 unspecified atom stereocenters. The lowest BCUT2D eigenvalue weighted by Gasteiger charge is -2.06. The van der Waals surface area contributed by atoms with Gasteiger partial charge in [-0.25, -0.2) is 4.98 Å². The van der Waals surface area contributed by atoms with Gasteiger partial charge in [0, 0.05) is 12.0 Å². The lowest BCUT2D eigenvalue weighted by Crippen LogP contribution is -2.41. The van der Waals surface area contributed by atoms with Gasteiger partial charge in [-0.15, -0.1) is 0 Å². The first-order valence-electron chi connectivity index (χ1n) is 4.45. The Labute approximate surface area is 102 Å². The first-order valence-corrected chi connectivity index (χ1v) is 5.20. The largest absolute Gasteiger partial charge is 0.273 e. The zero-order valence-corrected chi connectivity index (χ0v) is 9.89. The maximum absolute atomic E-state index is 11.5. The number of aromatic nitrogens is 1. The van der Waals surface area contributed by atoms with Gasteiger partial charge in [0.25, 0.3) is 5.91 Å². The predicted octanol–water partition coefficient (Wildman–Crippen LogP) is 1.56. The highest BCUT2D eigenvalue weighted by atomic mass is 35.5. The van der Waals surface area contributed by atoms with Crippen molar-refractivity contribution in [1.29, 1.82) is 0 Å². The SMILES string of the molecule is CCC(=O)NNC(=O)c1cc(Cl)nc(Cl)c1. The summed E-state index contributed by atoms with van der Waals surface area (Å²) in [6, 6.07) is 2.70. The molecule has 16 heavy (non-hydrogen) atoms. The summed E-state index contributed by atoms with van der Waals surface area (Å²) in [5.41, 5.74) is 4.67. The minimum atomic E-state index is -0.506. The second kappa shape index (κ2) is 5.67. The lowest BCUT2D eigenvalue weighted by atomic mass is 10.2. The molecule has 0 atom stereocenters. The van der Waals surface area contributed by atoms with E-state index in [-0.39, 0.29) is 28.2 Å². The van der Waals surface area contributed by atoms with Crippen molar-refractivity contribution in [3.05, 3.63) is 28.0 Å². The van der Waals surface area contributed by atoms with E-state index in [1.54, 1.807) is 6.92 Å². The summed E-state index contributed by atoms with van der Waals surface area (Å²) >= 11 is 11.2. The van der Waals surface area contributed by atoms with Crippen molar-refractivity contribution in [2.75, 3.05) is 0 Å². The average Bonchev–Trinajstić information content (AvgIpc) is 2.23. The molecule has 0 fully saturated rings. The summed E-state index contributed by atoms with van der Waals surface area (Å²) in [5, 5.41) is 0.221.